The van der Waals surface area contributed by atoms with Crippen molar-refractivity contribution in [1.82, 2.24) is 9.80 Å². The number of aliphatic hydroxyl groups excluding tert-OH is 1. The zero-order valence-electron chi connectivity index (χ0n) is 17.0. The second kappa shape index (κ2) is 9.69. The quantitative estimate of drug-likeness (QED) is 0.488. The van der Waals surface area contributed by atoms with Gasteiger partial charge in [-0.25, -0.2) is 4.79 Å². The van der Waals surface area contributed by atoms with Crippen LogP contribution in [0.1, 0.15) is 34.1 Å². The molecule has 0 aliphatic carbocycles. The Labute approximate surface area is 179 Å². The predicted molar refractivity (Wildman–Crippen MR) is 114 cm³/mol. The number of ether oxygens (including phenoxy) is 1. The third-order valence-electron chi connectivity index (χ3n) is 4.70. The summed E-state index contributed by atoms with van der Waals surface area (Å²) >= 11 is 1.39. The number of nitrogens with zero attached hydrogens (tertiary/aromatic N) is 2. The molecule has 0 bridgehead atoms. The van der Waals surface area contributed by atoms with E-state index in [1.54, 1.807) is 42.3 Å². The van der Waals surface area contributed by atoms with Crippen LogP contribution < -0.4 is 0 Å². The molecule has 1 aliphatic heterocycles. The van der Waals surface area contributed by atoms with Crippen molar-refractivity contribution in [1.29, 1.82) is 0 Å². The average Bonchev–Trinajstić information content (AvgIpc) is 3.35. The van der Waals surface area contributed by atoms with Crippen LogP contribution >= 0.6 is 11.3 Å². The number of carbonyl (C=O) groups excluding carboxylic acids is 3. The highest BCUT2D eigenvalue weighted by atomic mass is 32.1. The standard InChI is InChI=1S/C22H24N2O5S/c1-3-12-29-22(28)16-8-6-15(7-9-16)14-24-20(26)18(17-5-4-13-30-17)19(21(24)27)23(2)10-11-25/h4-9,13,25H,3,10-12,14H2,1-2H3. The van der Waals surface area contributed by atoms with Crippen LogP contribution in [-0.2, 0) is 20.9 Å². The minimum Gasteiger partial charge on any atom is -0.462 e. The normalized spacial score (nSPS) is 13.9. The summed E-state index contributed by atoms with van der Waals surface area (Å²) in [7, 11) is 1.69. The number of hydrogen-bond acceptors (Lipinski definition) is 7. The molecule has 1 N–H and O–H groups in total. The molecule has 0 spiro atoms. The molecule has 158 valence electrons. The second-order valence-electron chi connectivity index (χ2n) is 6.88. The largest absolute Gasteiger partial charge is 0.462 e. The SMILES string of the molecule is CCCOC(=O)c1ccc(CN2C(=O)C(c3cccs3)=C(N(C)CCO)C2=O)cc1. The molecule has 0 fully saturated rings. The summed E-state index contributed by atoms with van der Waals surface area (Å²) in [6.45, 7) is 2.48. The molecule has 2 heterocycles. The van der Waals surface area contributed by atoms with Crippen molar-refractivity contribution in [3.63, 3.8) is 0 Å². The fourth-order valence-electron chi connectivity index (χ4n) is 3.17. The number of likely N-dealkylation sites (N-methyl/N-ethyl adjacent to an activating group) is 1. The van der Waals surface area contributed by atoms with Gasteiger partial charge in [0.05, 0.1) is 30.9 Å². The van der Waals surface area contributed by atoms with Crippen molar-refractivity contribution < 1.29 is 24.2 Å². The van der Waals surface area contributed by atoms with Crippen LogP contribution in [0.3, 0.4) is 0 Å². The predicted octanol–water partition coefficient (Wildman–Crippen LogP) is 2.52. The monoisotopic (exact) mass is 428 g/mol. The lowest BCUT2D eigenvalue weighted by Gasteiger charge is -2.20. The van der Waals surface area contributed by atoms with Gasteiger partial charge in [0.25, 0.3) is 11.8 Å². The Morgan fingerprint density at radius 1 is 1.17 bits per heavy atom. The number of amides is 2. The maximum Gasteiger partial charge on any atom is 0.338 e. The summed E-state index contributed by atoms with van der Waals surface area (Å²) in [5.74, 6) is -1.16. The summed E-state index contributed by atoms with van der Waals surface area (Å²) in [5, 5.41) is 11.1. The van der Waals surface area contributed by atoms with Crippen molar-refractivity contribution in [3.05, 3.63) is 63.5 Å². The van der Waals surface area contributed by atoms with Crippen LogP contribution in [0, 0.1) is 0 Å². The van der Waals surface area contributed by atoms with E-state index in [-0.39, 0.29) is 31.3 Å². The molecular weight excluding hydrogens is 404 g/mol. The van der Waals surface area contributed by atoms with Crippen molar-refractivity contribution in [2.24, 2.45) is 0 Å². The van der Waals surface area contributed by atoms with E-state index in [4.69, 9.17) is 4.74 Å². The number of thiophene rings is 1. The van der Waals surface area contributed by atoms with Crippen molar-refractivity contribution in [2.75, 3.05) is 26.8 Å². The van der Waals surface area contributed by atoms with E-state index in [0.717, 1.165) is 12.0 Å². The zero-order valence-corrected chi connectivity index (χ0v) is 17.8. The molecule has 0 saturated carbocycles. The van der Waals surface area contributed by atoms with Crippen molar-refractivity contribution in [3.8, 4) is 0 Å². The molecule has 1 aromatic heterocycles. The molecule has 7 nitrogen and oxygen atoms in total. The summed E-state index contributed by atoms with van der Waals surface area (Å²) in [6, 6.07) is 10.3. The van der Waals surface area contributed by atoms with Gasteiger partial charge in [-0.15, -0.1) is 11.3 Å². The third kappa shape index (κ3) is 4.44. The van der Waals surface area contributed by atoms with Crippen LogP contribution in [0.25, 0.3) is 5.57 Å². The van der Waals surface area contributed by atoms with Crippen LogP contribution in [0.15, 0.2) is 47.5 Å². The Morgan fingerprint density at radius 2 is 1.90 bits per heavy atom. The van der Waals surface area contributed by atoms with Crippen LogP contribution in [0.5, 0.6) is 0 Å². The first-order chi connectivity index (χ1) is 14.5. The number of carbonyl (C=O) groups is 3. The van der Waals surface area contributed by atoms with Gasteiger partial charge in [0.15, 0.2) is 0 Å². The van der Waals surface area contributed by atoms with Crippen LogP contribution in [0.2, 0.25) is 0 Å². The smallest absolute Gasteiger partial charge is 0.338 e. The van der Waals surface area contributed by atoms with E-state index in [2.05, 4.69) is 0 Å². The van der Waals surface area contributed by atoms with Gasteiger partial charge in [0.1, 0.15) is 5.70 Å². The fraction of sp³-hybridized carbons (Fsp3) is 0.318. The Bertz CT molecular complexity index is 950. The number of aliphatic hydroxyl groups is 1. The van der Waals surface area contributed by atoms with Gasteiger partial charge in [-0.3, -0.25) is 14.5 Å². The highest BCUT2D eigenvalue weighted by molar-refractivity contribution is 7.11. The number of benzene rings is 1. The number of rotatable bonds is 9. The van der Waals surface area contributed by atoms with Crippen molar-refractivity contribution in [2.45, 2.75) is 19.9 Å². The van der Waals surface area contributed by atoms with E-state index in [1.807, 2.05) is 18.4 Å². The minimum atomic E-state index is -0.397. The molecule has 0 radical (unpaired) electrons. The van der Waals surface area contributed by atoms with Gasteiger partial charge in [-0.2, -0.15) is 0 Å². The first-order valence-electron chi connectivity index (χ1n) is 9.70. The first-order valence-corrected chi connectivity index (χ1v) is 10.6. The Balaban J connectivity index is 1.82. The lowest BCUT2D eigenvalue weighted by molar-refractivity contribution is -0.138. The van der Waals surface area contributed by atoms with E-state index >= 15 is 0 Å². The zero-order chi connectivity index (χ0) is 21.7. The van der Waals surface area contributed by atoms with Gasteiger partial charge < -0.3 is 14.7 Å². The maximum atomic E-state index is 13.1. The summed E-state index contributed by atoms with van der Waals surface area (Å²) in [4.78, 5) is 41.7. The molecule has 30 heavy (non-hydrogen) atoms. The summed E-state index contributed by atoms with van der Waals surface area (Å²) in [5.41, 5.74) is 1.79. The summed E-state index contributed by atoms with van der Waals surface area (Å²) in [6.07, 6.45) is 0.746. The van der Waals surface area contributed by atoms with E-state index in [1.165, 1.54) is 16.2 Å². The van der Waals surface area contributed by atoms with Gasteiger partial charge in [-0.05, 0) is 35.6 Å². The van der Waals surface area contributed by atoms with Crippen LogP contribution in [-0.4, -0.2) is 59.5 Å². The van der Waals surface area contributed by atoms with Gasteiger partial charge in [0, 0.05) is 18.5 Å². The molecule has 0 unspecified atom stereocenters. The molecule has 2 amide bonds. The molecule has 0 atom stereocenters. The third-order valence-corrected chi connectivity index (χ3v) is 5.58. The molecule has 2 aromatic rings. The summed E-state index contributed by atoms with van der Waals surface area (Å²) < 4.78 is 5.11. The highest BCUT2D eigenvalue weighted by Crippen LogP contribution is 2.34. The lowest BCUT2D eigenvalue weighted by atomic mass is 10.1. The topological polar surface area (TPSA) is 87.2 Å². The molecule has 3 rings (SSSR count). The maximum absolute atomic E-state index is 13.1. The highest BCUT2D eigenvalue weighted by Gasteiger charge is 2.41. The average molecular weight is 429 g/mol. The van der Waals surface area contributed by atoms with E-state index < -0.39 is 11.9 Å². The molecule has 8 heteroatoms. The molecule has 1 aromatic carbocycles. The lowest BCUT2D eigenvalue weighted by Crippen LogP contribution is -2.34. The van der Waals surface area contributed by atoms with Gasteiger partial charge >= 0.3 is 5.97 Å². The number of imide groups is 1. The van der Waals surface area contributed by atoms with Gasteiger partial charge in [0.2, 0.25) is 0 Å². The Morgan fingerprint density at radius 3 is 2.50 bits per heavy atom. The number of esters is 1. The fourth-order valence-corrected chi connectivity index (χ4v) is 3.94. The van der Waals surface area contributed by atoms with E-state index in [9.17, 15) is 19.5 Å². The Hall–Kier alpha value is -2.97. The Kier molecular flexibility index (Phi) is 7.02. The molecule has 1 aliphatic rings. The number of hydrogen-bond donors (Lipinski definition) is 1. The van der Waals surface area contributed by atoms with Crippen LogP contribution in [0.4, 0.5) is 0 Å². The minimum absolute atomic E-state index is 0.0906. The van der Waals surface area contributed by atoms with E-state index in [0.29, 0.717) is 22.6 Å². The van der Waals surface area contributed by atoms with Gasteiger partial charge in [-0.1, -0.05) is 25.1 Å². The first kappa shape index (κ1) is 21.7. The molecule has 0 saturated heterocycles. The second-order valence-corrected chi connectivity index (χ2v) is 7.82. The van der Waals surface area contributed by atoms with Crippen molar-refractivity contribution >= 4 is 34.7 Å². The molecular formula is C22H24N2O5S.